The number of methoxy groups -OCH3 is 1. The highest BCUT2D eigenvalue weighted by atomic mass is 16.6. The predicted molar refractivity (Wildman–Crippen MR) is 145 cm³/mol. The number of aliphatic hydroxyl groups excluding tert-OH is 1. The first-order chi connectivity index (χ1) is 19.5. The summed E-state index contributed by atoms with van der Waals surface area (Å²) in [5, 5.41) is 10.6. The third kappa shape index (κ3) is 4.20. The van der Waals surface area contributed by atoms with E-state index in [-0.39, 0.29) is 25.7 Å². The Labute approximate surface area is 232 Å². The molecule has 0 aromatic heterocycles. The van der Waals surface area contributed by atoms with E-state index in [1.54, 1.807) is 42.4 Å². The molecule has 0 saturated carbocycles. The van der Waals surface area contributed by atoms with Crippen LogP contribution in [-0.4, -0.2) is 78.4 Å². The van der Waals surface area contributed by atoms with Gasteiger partial charge in [0.25, 0.3) is 5.91 Å². The lowest BCUT2D eigenvalue weighted by atomic mass is 9.77. The van der Waals surface area contributed by atoms with Gasteiger partial charge in [0.1, 0.15) is 23.3 Å². The van der Waals surface area contributed by atoms with Gasteiger partial charge in [0.15, 0.2) is 0 Å². The molecule has 40 heavy (non-hydrogen) atoms. The van der Waals surface area contributed by atoms with E-state index in [4.69, 9.17) is 14.2 Å². The van der Waals surface area contributed by atoms with Gasteiger partial charge in [-0.1, -0.05) is 54.6 Å². The van der Waals surface area contributed by atoms with Gasteiger partial charge in [-0.3, -0.25) is 14.4 Å². The molecule has 2 aromatic rings. The number of carbonyl (C=O) groups excluding carboxylic acids is 3. The van der Waals surface area contributed by atoms with Crippen molar-refractivity contribution in [2.24, 2.45) is 11.8 Å². The van der Waals surface area contributed by atoms with Crippen LogP contribution in [0.5, 0.6) is 5.75 Å². The molecule has 1 spiro atoms. The van der Waals surface area contributed by atoms with Gasteiger partial charge in [-0.05, 0) is 42.7 Å². The van der Waals surface area contributed by atoms with Crippen LogP contribution < -0.4 is 9.64 Å². The zero-order valence-corrected chi connectivity index (χ0v) is 22.2. The number of carbonyl (C=O) groups is 3. The second-order valence-corrected chi connectivity index (χ2v) is 10.5. The zero-order valence-electron chi connectivity index (χ0n) is 22.2. The number of amides is 2. The van der Waals surface area contributed by atoms with Gasteiger partial charge >= 0.3 is 5.97 Å². The molecule has 4 aliphatic rings. The third-order valence-electron chi connectivity index (χ3n) is 8.36. The Morgan fingerprint density at radius 2 is 1.82 bits per heavy atom. The quantitative estimate of drug-likeness (QED) is 0.440. The first-order valence-electron chi connectivity index (χ1n) is 13.6. The van der Waals surface area contributed by atoms with E-state index in [0.29, 0.717) is 24.3 Å². The second kappa shape index (κ2) is 10.6. The number of cyclic esters (lactones) is 1. The summed E-state index contributed by atoms with van der Waals surface area (Å²) in [6.45, 7) is 0.102. The van der Waals surface area contributed by atoms with E-state index in [1.165, 1.54) is 4.90 Å². The van der Waals surface area contributed by atoms with Gasteiger partial charge in [-0.2, -0.15) is 0 Å². The fraction of sp³-hybridized carbons (Fsp3) is 0.387. The van der Waals surface area contributed by atoms with E-state index in [2.05, 4.69) is 0 Å². The molecule has 0 radical (unpaired) electrons. The van der Waals surface area contributed by atoms with Crippen molar-refractivity contribution in [3.8, 4) is 5.75 Å². The Morgan fingerprint density at radius 3 is 2.55 bits per heavy atom. The number of nitrogens with zero attached hydrogens (tertiary/aromatic N) is 2. The largest absolute Gasteiger partial charge is 0.497 e. The van der Waals surface area contributed by atoms with Crippen molar-refractivity contribution >= 4 is 23.5 Å². The Balaban J connectivity index is 1.46. The van der Waals surface area contributed by atoms with Crippen molar-refractivity contribution in [1.82, 2.24) is 4.90 Å². The van der Waals surface area contributed by atoms with Crippen LogP contribution in [0.1, 0.15) is 12.0 Å². The number of hydrogen-bond acceptors (Lipinski definition) is 7. The number of ether oxygens (including phenoxy) is 3. The summed E-state index contributed by atoms with van der Waals surface area (Å²) in [6.07, 6.45) is 7.47. The monoisotopic (exact) mass is 544 g/mol. The van der Waals surface area contributed by atoms with Gasteiger partial charge in [0.2, 0.25) is 5.91 Å². The smallest absolute Gasteiger partial charge is 0.312 e. The van der Waals surface area contributed by atoms with Crippen molar-refractivity contribution in [2.75, 3.05) is 31.8 Å². The summed E-state index contributed by atoms with van der Waals surface area (Å²) in [5.41, 5.74) is 0.147. The maximum atomic E-state index is 14.5. The number of aliphatic hydroxyl groups is 1. The normalized spacial score (nSPS) is 30.1. The Morgan fingerprint density at radius 1 is 1.05 bits per heavy atom. The van der Waals surface area contributed by atoms with Crippen molar-refractivity contribution in [2.45, 2.75) is 36.6 Å². The number of benzene rings is 2. The summed E-state index contributed by atoms with van der Waals surface area (Å²) < 4.78 is 17.4. The number of esters is 1. The van der Waals surface area contributed by atoms with Crippen LogP contribution in [0, 0.1) is 11.8 Å². The van der Waals surface area contributed by atoms with E-state index < -0.39 is 47.5 Å². The van der Waals surface area contributed by atoms with Gasteiger partial charge in [-0.15, -0.1) is 0 Å². The van der Waals surface area contributed by atoms with Crippen LogP contribution in [-0.2, 0) is 30.3 Å². The maximum absolute atomic E-state index is 14.5. The molecule has 2 aromatic carbocycles. The Kier molecular flexibility index (Phi) is 6.93. The predicted octanol–water partition coefficient (Wildman–Crippen LogP) is 2.29. The van der Waals surface area contributed by atoms with Crippen LogP contribution in [0.4, 0.5) is 5.69 Å². The number of hydrogen-bond donors (Lipinski definition) is 1. The molecule has 1 unspecified atom stereocenters. The highest BCUT2D eigenvalue weighted by Crippen LogP contribution is 2.54. The molecule has 0 aliphatic carbocycles. The van der Waals surface area contributed by atoms with Crippen LogP contribution >= 0.6 is 0 Å². The first-order valence-corrected chi connectivity index (χ1v) is 13.6. The van der Waals surface area contributed by atoms with Gasteiger partial charge in [0, 0.05) is 12.2 Å². The number of rotatable bonds is 6. The van der Waals surface area contributed by atoms with E-state index in [9.17, 15) is 19.5 Å². The lowest BCUT2D eigenvalue weighted by molar-refractivity contribution is -0.155. The summed E-state index contributed by atoms with van der Waals surface area (Å²) in [5.74, 6) is -2.47. The molecule has 2 saturated heterocycles. The molecule has 2 fully saturated rings. The lowest BCUT2D eigenvalue weighted by Gasteiger charge is -2.38. The fourth-order valence-corrected chi connectivity index (χ4v) is 6.57. The van der Waals surface area contributed by atoms with Crippen molar-refractivity contribution in [3.05, 3.63) is 84.5 Å². The van der Waals surface area contributed by atoms with Crippen LogP contribution in [0.25, 0.3) is 0 Å². The second-order valence-electron chi connectivity index (χ2n) is 10.5. The lowest BCUT2D eigenvalue weighted by Crippen LogP contribution is -2.58. The average molecular weight is 545 g/mol. The summed E-state index contributed by atoms with van der Waals surface area (Å²) in [6, 6.07) is 14.8. The average Bonchev–Trinajstić information content (AvgIpc) is 3.35. The van der Waals surface area contributed by atoms with Crippen LogP contribution in [0.3, 0.4) is 0 Å². The molecule has 9 nitrogen and oxygen atoms in total. The molecule has 4 heterocycles. The zero-order chi connectivity index (χ0) is 27.9. The van der Waals surface area contributed by atoms with E-state index >= 15 is 0 Å². The van der Waals surface area contributed by atoms with Crippen molar-refractivity contribution < 1.29 is 33.7 Å². The van der Waals surface area contributed by atoms with Gasteiger partial charge in [0.05, 0.1) is 38.4 Å². The van der Waals surface area contributed by atoms with Crippen molar-refractivity contribution in [3.63, 3.8) is 0 Å². The molecular weight excluding hydrogens is 512 g/mol. The molecule has 0 bridgehead atoms. The Bertz CT molecular complexity index is 1340. The molecule has 4 aliphatic heterocycles. The molecule has 6 atom stereocenters. The SMILES string of the molecule is COc1ccc(N2CC=C[C@]34O[C@@H]5C=CCCOC(=O)[C@@H]5[C@H]3C(=O)N([C@@H](CO)Cc3ccccc3)C4C2=O)cc1. The summed E-state index contributed by atoms with van der Waals surface area (Å²) >= 11 is 0. The van der Waals surface area contributed by atoms with E-state index in [1.807, 2.05) is 48.6 Å². The van der Waals surface area contributed by atoms with Gasteiger partial charge < -0.3 is 29.1 Å². The topological polar surface area (TPSA) is 106 Å². The van der Waals surface area contributed by atoms with Crippen LogP contribution in [0.2, 0.25) is 0 Å². The minimum absolute atomic E-state index is 0.215. The van der Waals surface area contributed by atoms with Gasteiger partial charge in [-0.25, -0.2) is 0 Å². The molecular formula is C31H32N2O7. The number of anilines is 1. The highest BCUT2D eigenvalue weighted by Gasteiger charge is 2.72. The summed E-state index contributed by atoms with van der Waals surface area (Å²) in [4.78, 5) is 45.3. The number of likely N-dealkylation sites (tertiary alicyclic amines) is 1. The molecule has 208 valence electrons. The fourth-order valence-electron chi connectivity index (χ4n) is 6.57. The molecule has 9 heteroatoms. The molecule has 6 rings (SSSR count). The third-order valence-corrected chi connectivity index (χ3v) is 8.36. The maximum Gasteiger partial charge on any atom is 0.312 e. The minimum Gasteiger partial charge on any atom is -0.497 e. The number of fused-ring (bicyclic) bond motifs is 2. The standard InChI is InChI=1S/C31H32N2O7/c1-38-23-13-11-21(12-14-23)32-16-7-15-31-26(25-24(40-31)10-5-6-17-39-30(25)37)28(35)33(27(31)29(32)36)22(19-34)18-20-8-3-2-4-9-20/h2-5,7-15,22,24-27,34H,6,16-19H2,1H3/t22-,24-,25+,26+,27?,31+/m1/s1. The van der Waals surface area contributed by atoms with Crippen LogP contribution in [0.15, 0.2) is 78.9 Å². The van der Waals surface area contributed by atoms with E-state index in [0.717, 1.165) is 5.56 Å². The summed E-state index contributed by atoms with van der Waals surface area (Å²) in [7, 11) is 1.57. The molecule has 1 N–H and O–H groups in total. The van der Waals surface area contributed by atoms with Crippen molar-refractivity contribution in [1.29, 1.82) is 0 Å². The minimum atomic E-state index is -1.40. The Hall–Kier alpha value is -3.95. The highest BCUT2D eigenvalue weighted by molar-refractivity contribution is 6.05. The molecule has 2 amide bonds. The first kappa shape index (κ1) is 26.3.